The van der Waals surface area contributed by atoms with E-state index in [2.05, 4.69) is 16.2 Å². The maximum atomic E-state index is 12.9. The van der Waals surface area contributed by atoms with E-state index in [0.29, 0.717) is 0 Å². The lowest BCUT2D eigenvalue weighted by Gasteiger charge is -2.21. The second-order valence-electron chi connectivity index (χ2n) is 2.84. The molecule has 0 aliphatic carbocycles. The van der Waals surface area contributed by atoms with Crippen molar-refractivity contribution in [3.05, 3.63) is 0 Å². The third-order valence-electron chi connectivity index (χ3n) is 1.69. The Labute approximate surface area is 59.4 Å². The van der Waals surface area contributed by atoms with E-state index in [1.54, 1.807) is 6.92 Å². The van der Waals surface area contributed by atoms with Crippen LogP contribution in [0, 0.1) is 5.92 Å². The molecule has 56 valence electrons. The molecule has 0 aromatic heterocycles. The predicted octanol–water partition coefficient (Wildman–Crippen LogP) is 2.98. The fraction of sp³-hybridized carbons (Fsp3) is 1.00. The highest BCUT2D eigenvalue weighted by atomic mass is 31.0. The second-order valence-corrected chi connectivity index (χ2v) is 3.97. The Bertz CT molecular complexity index is 75.5. The maximum absolute atomic E-state index is 12.9. The van der Waals surface area contributed by atoms with Crippen LogP contribution in [0.1, 0.15) is 33.6 Å². The SMILES string of the molecule is CCCC(C)C(C)(F)P. The van der Waals surface area contributed by atoms with Gasteiger partial charge in [-0.1, -0.05) is 29.5 Å². The average Bonchev–Trinajstić information content (AvgIpc) is 1.64. The zero-order valence-corrected chi connectivity index (χ0v) is 7.60. The molecule has 0 spiro atoms. The monoisotopic (exact) mass is 150 g/mol. The lowest BCUT2D eigenvalue weighted by atomic mass is 10.0. The zero-order chi connectivity index (χ0) is 7.49. The largest absolute Gasteiger partial charge is 0.240 e. The van der Waals surface area contributed by atoms with Gasteiger partial charge in [-0.2, -0.15) is 0 Å². The number of alkyl halides is 1. The van der Waals surface area contributed by atoms with E-state index in [1.807, 2.05) is 6.92 Å². The number of rotatable bonds is 3. The highest BCUT2D eigenvalue weighted by Crippen LogP contribution is 2.31. The van der Waals surface area contributed by atoms with Crippen molar-refractivity contribution in [2.24, 2.45) is 5.92 Å². The highest BCUT2D eigenvalue weighted by molar-refractivity contribution is 7.18. The van der Waals surface area contributed by atoms with Gasteiger partial charge in [0.15, 0.2) is 0 Å². The molecule has 0 N–H and O–H groups in total. The van der Waals surface area contributed by atoms with Crippen molar-refractivity contribution in [3.8, 4) is 0 Å². The van der Waals surface area contributed by atoms with Crippen molar-refractivity contribution < 1.29 is 4.39 Å². The summed E-state index contributed by atoms with van der Waals surface area (Å²) in [6.45, 7) is 5.63. The summed E-state index contributed by atoms with van der Waals surface area (Å²) in [4.78, 5) is 0. The number of hydrogen-bond donors (Lipinski definition) is 0. The Balaban J connectivity index is 3.59. The summed E-state index contributed by atoms with van der Waals surface area (Å²) < 4.78 is 12.9. The topological polar surface area (TPSA) is 0 Å². The average molecular weight is 150 g/mol. The first-order chi connectivity index (χ1) is 3.98. The van der Waals surface area contributed by atoms with Crippen molar-refractivity contribution in [2.45, 2.75) is 39.0 Å². The Morgan fingerprint density at radius 3 is 2.22 bits per heavy atom. The minimum Gasteiger partial charge on any atom is -0.240 e. The molecular formula is C7H16FP. The van der Waals surface area contributed by atoms with E-state index in [0.717, 1.165) is 12.8 Å². The van der Waals surface area contributed by atoms with E-state index in [4.69, 9.17) is 0 Å². The first kappa shape index (κ1) is 9.36. The van der Waals surface area contributed by atoms with Crippen LogP contribution in [-0.4, -0.2) is 5.41 Å². The predicted molar refractivity (Wildman–Crippen MR) is 43.3 cm³/mol. The van der Waals surface area contributed by atoms with Crippen LogP contribution in [-0.2, 0) is 0 Å². The van der Waals surface area contributed by atoms with Gasteiger partial charge in [0.1, 0.15) is 5.41 Å². The summed E-state index contributed by atoms with van der Waals surface area (Å²) in [5.74, 6) is 0.160. The van der Waals surface area contributed by atoms with Crippen molar-refractivity contribution in [1.82, 2.24) is 0 Å². The molecule has 0 rings (SSSR count). The van der Waals surface area contributed by atoms with Gasteiger partial charge >= 0.3 is 0 Å². The molecule has 0 aromatic carbocycles. The zero-order valence-electron chi connectivity index (χ0n) is 6.45. The minimum atomic E-state index is -1.07. The molecule has 0 bridgehead atoms. The molecule has 0 nitrogen and oxygen atoms in total. The van der Waals surface area contributed by atoms with Gasteiger partial charge in [-0.15, -0.1) is 0 Å². The molecule has 9 heavy (non-hydrogen) atoms. The van der Waals surface area contributed by atoms with Gasteiger partial charge in [-0.3, -0.25) is 0 Å². The van der Waals surface area contributed by atoms with Crippen molar-refractivity contribution in [3.63, 3.8) is 0 Å². The molecule has 0 aromatic rings. The van der Waals surface area contributed by atoms with Crippen molar-refractivity contribution in [1.29, 1.82) is 0 Å². The summed E-state index contributed by atoms with van der Waals surface area (Å²) in [7, 11) is 2.24. The van der Waals surface area contributed by atoms with Gasteiger partial charge in [0, 0.05) is 0 Å². The van der Waals surface area contributed by atoms with Gasteiger partial charge in [0.05, 0.1) is 0 Å². The summed E-state index contributed by atoms with van der Waals surface area (Å²) in [6, 6.07) is 0. The fourth-order valence-corrected chi connectivity index (χ4v) is 0.882. The van der Waals surface area contributed by atoms with E-state index in [9.17, 15) is 4.39 Å². The quantitative estimate of drug-likeness (QED) is 0.542. The minimum absolute atomic E-state index is 0.160. The summed E-state index contributed by atoms with van der Waals surface area (Å²) in [5, 5.41) is -1.07. The molecule has 0 aliphatic rings. The van der Waals surface area contributed by atoms with Crippen LogP contribution in [0.4, 0.5) is 4.39 Å². The maximum Gasteiger partial charge on any atom is 0.123 e. The molecule has 0 saturated heterocycles. The van der Waals surface area contributed by atoms with E-state index >= 15 is 0 Å². The Hall–Kier alpha value is 0.360. The standard InChI is InChI=1S/C7H16FP/c1-4-5-6(2)7(3,8)9/h6H,4-5,9H2,1-3H3. The van der Waals surface area contributed by atoms with Crippen LogP contribution in [0.2, 0.25) is 0 Å². The first-order valence-corrected chi connectivity index (χ1v) is 4.04. The Morgan fingerprint density at radius 1 is 1.67 bits per heavy atom. The van der Waals surface area contributed by atoms with Gasteiger partial charge in [-0.05, 0) is 19.3 Å². The molecule has 3 unspecified atom stereocenters. The molecule has 0 amide bonds. The van der Waals surface area contributed by atoms with Gasteiger partial charge in [-0.25, -0.2) is 4.39 Å². The lowest BCUT2D eigenvalue weighted by molar-refractivity contribution is 0.211. The smallest absolute Gasteiger partial charge is 0.123 e. The molecule has 0 fully saturated rings. The van der Waals surface area contributed by atoms with E-state index < -0.39 is 5.41 Å². The van der Waals surface area contributed by atoms with Crippen LogP contribution in [0.3, 0.4) is 0 Å². The van der Waals surface area contributed by atoms with Crippen LogP contribution < -0.4 is 0 Å². The van der Waals surface area contributed by atoms with Crippen LogP contribution >= 0.6 is 9.24 Å². The second kappa shape index (κ2) is 3.51. The van der Waals surface area contributed by atoms with Crippen LogP contribution in [0.25, 0.3) is 0 Å². The van der Waals surface area contributed by atoms with E-state index in [-0.39, 0.29) is 5.92 Å². The number of hydrogen-bond acceptors (Lipinski definition) is 0. The molecule has 3 atom stereocenters. The highest BCUT2D eigenvalue weighted by Gasteiger charge is 2.23. The van der Waals surface area contributed by atoms with E-state index in [1.165, 1.54) is 0 Å². The molecule has 0 heterocycles. The van der Waals surface area contributed by atoms with Crippen LogP contribution in [0.5, 0.6) is 0 Å². The summed E-state index contributed by atoms with van der Waals surface area (Å²) >= 11 is 0. The first-order valence-electron chi connectivity index (χ1n) is 3.46. The molecule has 0 aliphatic heterocycles. The number of halogens is 1. The Morgan fingerprint density at radius 2 is 2.11 bits per heavy atom. The molecule has 0 saturated carbocycles. The third-order valence-corrected chi connectivity index (χ3v) is 2.25. The van der Waals surface area contributed by atoms with Gasteiger partial charge < -0.3 is 0 Å². The van der Waals surface area contributed by atoms with Gasteiger partial charge in [0.25, 0.3) is 0 Å². The van der Waals surface area contributed by atoms with Crippen LogP contribution in [0.15, 0.2) is 0 Å². The summed E-state index contributed by atoms with van der Waals surface area (Å²) in [5.41, 5.74) is 0. The molecule has 0 radical (unpaired) electrons. The Kier molecular flexibility index (Phi) is 3.65. The van der Waals surface area contributed by atoms with Crippen molar-refractivity contribution >= 4 is 9.24 Å². The van der Waals surface area contributed by atoms with Crippen molar-refractivity contribution in [2.75, 3.05) is 0 Å². The molecular weight excluding hydrogens is 134 g/mol. The molecule has 2 heteroatoms. The van der Waals surface area contributed by atoms with Gasteiger partial charge in [0.2, 0.25) is 0 Å². The fourth-order valence-electron chi connectivity index (χ4n) is 0.715. The third kappa shape index (κ3) is 3.86. The lowest BCUT2D eigenvalue weighted by Crippen LogP contribution is -2.18. The summed E-state index contributed by atoms with van der Waals surface area (Å²) in [6.07, 6.45) is 2.03. The normalized spacial score (nSPS) is 21.0.